The van der Waals surface area contributed by atoms with Crippen LogP contribution in [0.2, 0.25) is 0 Å². The Hall–Kier alpha value is -3.50. The quantitative estimate of drug-likeness (QED) is 0.581. The van der Waals surface area contributed by atoms with Gasteiger partial charge in [-0.15, -0.1) is 5.10 Å². The highest BCUT2D eigenvalue weighted by Gasteiger charge is 2.42. The van der Waals surface area contributed by atoms with Crippen molar-refractivity contribution in [2.45, 2.75) is 32.5 Å². The predicted octanol–water partition coefficient (Wildman–Crippen LogP) is 3.99. The van der Waals surface area contributed by atoms with Crippen LogP contribution in [0.15, 0.2) is 42.6 Å². The first-order valence-electron chi connectivity index (χ1n) is 10.5. The molecule has 1 N–H and O–H groups in total. The molecule has 7 nitrogen and oxygen atoms in total. The van der Waals surface area contributed by atoms with Crippen LogP contribution in [0, 0.1) is 11.7 Å². The van der Waals surface area contributed by atoms with E-state index in [0.29, 0.717) is 16.2 Å². The van der Waals surface area contributed by atoms with E-state index in [1.54, 1.807) is 12.3 Å². The molecule has 11 heteroatoms. The maximum atomic E-state index is 13.7. The van der Waals surface area contributed by atoms with Crippen LogP contribution in [0.3, 0.4) is 0 Å². The number of carbonyl (C=O) groups excluding carboxylic acids is 1. The molecule has 0 unspecified atom stereocenters. The summed E-state index contributed by atoms with van der Waals surface area (Å²) in [7, 11) is 0. The monoisotopic (exact) mass is 462 g/mol. The van der Waals surface area contributed by atoms with Gasteiger partial charge in [0.25, 0.3) is 5.91 Å². The normalized spacial score (nSPS) is 15.0. The molecule has 1 fully saturated rings. The van der Waals surface area contributed by atoms with E-state index in [1.807, 2.05) is 6.07 Å². The minimum Gasteiger partial charge on any atom is -0.357 e. The summed E-state index contributed by atoms with van der Waals surface area (Å²) >= 11 is 0. The highest BCUT2D eigenvalue weighted by molar-refractivity contribution is 5.93. The van der Waals surface area contributed by atoms with Crippen molar-refractivity contribution in [1.29, 1.82) is 0 Å². The van der Waals surface area contributed by atoms with Gasteiger partial charge in [-0.3, -0.25) is 4.79 Å². The lowest BCUT2D eigenvalue weighted by Crippen LogP contribution is -2.33. The van der Waals surface area contributed by atoms with Crippen molar-refractivity contribution < 1.29 is 22.4 Å². The van der Waals surface area contributed by atoms with Crippen LogP contribution >= 0.6 is 0 Å². The van der Waals surface area contributed by atoms with Gasteiger partial charge in [0, 0.05) is 25.8 Å². The van der Waals surface area contributed by atoms with Crippen molar-refractivity contribution in [2.24, 2.45) is 5.92 Å². The standard InChI is InChI=1S/C22H22F4N6O/c1-14-8-10-31(11-9-14)18-7-2-15(12-27-18)13-28-21(33)19-20(22(24,25)26)32(30-29-19)17-5-3-16(23)4-6-17/h2-7,12,14H,8-11,13H2,1H3,(H,28,33). The van der Waals surface area contributed by atoms with Gasteiger partial charge < -0.3 is 10.2 Å². The zero-order valence-corrected chi connectivity index (χ0v) is 17.8. The van der Waals surface area contributed by atoms with Crippen molar-refractivity contribution in [3.63, 3.8) is 0 Å². The molecule has 3 aromatic rings. The molecule has 1 amide bonds. The van der Waals surface area contributed by atoms with Crippen LogP contribution in [-0.4, -0.2) is 39.0 Å². The lowest BCUT2D eigenvalue weighted by molar-refractivity contribution is -0.143. The first-order chi connectivity index (χ1) is 15.7. The van der Waals surface area contributed by atoms with Gasteiger partial charge in [-0.05, 0) is 54.7 Å². The second-order valence-electron chi connectivity index (χ2n) is 8.05. The maximum absolute atomic E-state index is 13.7. The molecule has 0 saturated carbocycles. The summed E-state index contributed by atoms with van der Waals surface area (Å²) in [4.78, 5) is 19.1. The summed E-state index contributed by atoms with van der Waals surface area (Å²) in [6.45, 7) is 4.05. The number of piperidine rings is 1. The van der Waals surface area contributed by atoms with E-state index in [-0.39, 0.29) is 12.2 Å². The van der Waals surface area contributed by atoms with Crippen LogP contribution in [0.25, 0.3) is 5.69 Å². The maximum Gasteiger partial charge on any atom is 0.435 e. The topological polar surface area (TPSA) is 75.9 Å². The molecular weight excluding hydrogens is 440 g/mol. The van der Waals surface area contributed by atoms with E-state index in [1.165, 1.54) is 0 Å². The summed E-state index contributed by atoms with van der Waals surface area (Å²) in [5.74, 6) is -0.110. The molecule has 1 saturated heterocycles. The number of nitrogens with zero attached hydrogens (tertiary/aromatic N) is 5. The van der Waals surface area contributed by atoms with Gasteiger partial charge in [0.2, 0.25) is 0 Å². The highest BCUT2D eigenvalue weighted by Crippen LogP contribution is 2.32. The van der Waals surface area contributed by atoms with Crippen molar-refractivity contribution >= 4 is 11.7 Å². The molecule has 2 aromatic heterocycles. The Labute approximate surface area is 187 Å². The Balaban J connectivity index is 1.47. The summed E-state index contributed by atoms with van der Waals surface area (Å²) in [6.07, 6.45) is -1.12. The van der Waals surface area contributed by atoms with Crippen LogP contribution < -0.4 is 10.2 Å². The lowest BCUT2D eigenvalue weighted by Gasteiger charge is -2.31. The molecule has 4 rings (SSSR count). The molecule has 174 valence electrons. The lowest BCUT2D eigenvalue weighted by atomic mass is 9.99. The number of hydrogen-bond donors (Lipinski definition) is 1. The molecule has 0 aliphatic carbocycles. The van der Waals surface area contributed by atoms with Crippen molar-refractivity contribution in [3.8, 4) is 5.69 Å². The number of amides is 1. The molecule has 3 heterocycles. The Morgan fingerprint density at radius 1 is 1.12 bits per heavy atom. The van der Waals surface area contributed by atoms with Gasteiger partial charge in [0.15, 0.2) is 11.4 Å². The van der Waals surface area contributed by atoms with Crippen LogP contribution in [-0.2, 0) is 12.7 Å². The van der Waals surface area contributed by atoms with Gasteiger partial charge in [-0.1, -0.05) is 18.2 Å². The third kappa shape index (κ3) is 5.12. The number of carbonyl (C=O) groups is 1. The number of rotatable bonds is 5. The number of alkyl halides is 3. The van der Waals surface area contributed by atoms with Crippen molar-refractivity contribution in [2.75, 3.05) is 18.0 Å². The Morgan fingerprint density at radius 3 is 2.42 bits per heavy atom. The zero-order chi connectivity index (χ0) is 23.6. The smallest absolute Gasteiger partial charge is 0.357 e. The summed E-state index contributed by atoms with van der Waals surface area (Å²) in [5, 5.41) is 9.35. The van der Waals surface area contributed by atoms with E-state index in [0.717, 1.165) is 56.0 Å². The van der Waals surface area contributed by atoms with E-state index in [2.05, 4.69) is 32.4 Å². The highest BCUT2D eigenvalue weighted by atomic mass is 19.4. The van der Waals surface area contributed by atoms with Crippen LogP contribution in [0.1, 0.15) is 41.5 Å². The minimum atomic E-state index is -4.90. The largest absolute Gasteiger partial charge is 0.435 e. The fourth-order valence-electron chi connectivity index (χ4n) is 3.66. The van der Waals surface area contributed by atoms with Gasteiger partial charge >= 0.3 is 6.18 Å². The number of anilines is 1. The average molecular weight is 462 g/mol. The molecule has 33 heavy (non-hydrogen) atoms. The van der Waals surface area contributed by atoms with Crippen molar-refractivity contribution in [1.82, 2.24) is 25.3 Å². The van der Waals surface area contributed by atoms with Gasteiger partial charge in [0.1, 0.15) is 11.6 Å². The molecule has 1 aliphatic rings. The van der Waals surface area contributed by atoms with E-state index in [9.17, 15) is 22.4 Å². The van der Waals surface area contributed by atoms with Gasteiger partial charge in [-0.2, -0.15) is 13.2 Å². The number of pyridine rings is 1. The molecule has 0 atom stereocenters. The average Bonchev–Trinajstić information content (AvgIpc) is 3.25. The molecule has 0 radical (unpaired) electrons. The van der Waals surface area contributed by atoms with Gasteiger partial charge in [-0.25, -0.2) is 14.1 Å². The Morgan fingerprint density at radius 2 is 1.82 bits per heavy atom. The van der Waals surface area contributed by atoms with Crippen LogP contribution in [0.4, 0.5) is 23.4 Å². The fraction of sp³-hybridized carbons (Fsp3) is 0.364. The first-order valence-corrected chi connectivity index (χ1v) is 10.5. The molecule has 1 aliphatic heterocycles. The number of aromatic nitrogens is 4. The third-order valence-electron chi connectivity index (χ3n) is 5.59. The number of halogens is 4. The van der Waals surface area contributed by atoms with Gasteiger partial charge in [0.05, 0.1) is 5.69 Å². The number of hydrogen-bond acceptors (Lipinski definition) is 5. The summed E-state index contributed by atoms with van der Waals surface area (Å²) < 4.78 is 54.7. The van der Waals surface area contributed by atoms with E-state index < -0.39 is 29.3 Å². The fourth-order valence-corrected chi connectivity index (χ4v) is 3.66. The second-order valence-corrected chi connectivity index (χ2v) is 8.05. The zero-order valence-electron chi connectivity index (χ0n) is 17.8. The van der Waals surface area contributed by atoms with Crippen LogP contribution in [0.5, 0.6) is 0 Å². The minimum absolute atomic E-state index is 0.0240. The first kappa shape index (κ1) is 22.7. The Kier molecular flexibility index (Phi) is 6.30. The van der Waals surface area contributed by atoms with E-state index >= 15 is 0 Å². The molecular formula is C22H22F4N6O. The summed E-state index contributed by atoms with van der Waals surface area (Å²) in [6, 6.07) is 7.86. The molecule has 1 aromatic carbocycles. The second kappa shape index (κ2) is 9.16. The number of nitrogens with one attached hydrogen (secondary N) is 1. The third-order valence-corrected chi connectivity index (χ3v) is 5.59. The molecule has 0 spiro atoms. The molecule has 0 bridgehead atoms. The van der Waals surface area contributed by atoms with Crippen molar-refractivity contribution in [3.05, 3.63) is 65.4 Å². The predicted molar refractivity (Wildman–Crippen MR) is 112 cm³/mol. The van der Waals surface area contributed by atoms with E-state index in [4.69, 9.17) is 0 Å². The number of benzene rings is 1. The Bertz CT molecular complexity index is 1100. The SMILES string of the molecule is CC1CCN(c2ccc(CNC(=O)c3nnn(-c4ccc(F)cc4)c3C(F)(F)F)cn2)CC1. The summed E-state index contributed by atoms with van der Waals surface area (Å²) in [5.41, 5.74) is -1.63.